The number of carbonyl (C=O) groups excluding carboxylic acids is 2. The Labute approximate surface area is 168 Å². The lowest BCUT2D eigenvalue weighted by Gasteiger charge is -2.52. The lowest BCUT2D eigenvalue weighted by Crippen LogP contribution is -2.74. The van der Waals surface area contributed by atoms with E-state index in [4.69, 9.17) is 15.2 Å². The summed E-state index contributed by atoms with van der Waals surface area (Å²) in [6.45, 7) is 0.156. The number of β-lactam (4-membered cyclic amide) rings is 1. The fourth-order valence-electron chi connectivity index (χ4n) is 3.58. The molecule has 28 heavy (non-hydrogen) atoms. The van der Waals surface area contributed by atoms with Crippen LogP contribution in [0, 0.1) is 0 Å². The third-order valence-electron chi connectivity index (χ3n) is 5.29. The molecule has 2 aliphatic heterocycles. The summed E-state index contributed by atoms with van der Waals surface area (Å²) < 4.78 is 11.6. The first-order valence-electron chi connectivity index (χ1n) is 9.09. The van der Waals surface area contributed by atoms with Gasteiger partial charge in [0.05, 0.1) is 6.54 Å². The summed E-state index contributed by atoms with van der Waals surface area (Å²) >= 11 is 1.46. The number of thioether (sulfide) groups is 1. The van der Waals surface area contributed by atoms with Crippen LogP contribution in [-0.2, 0) is 19.1 Å². The van der Waals surface area contributed by atoms with Crippen LogP contribution >= 0.6 is 11.8 Å². The number of methoxy groups -OCH3 is 1. The van der Waals surface area contributed by atoms with Crippen LogP contribution in [0.2, 0.25) is 0 Å². The van der Waals surface area contributed by atoms with Crippen LogP contribution in [0.1, 0.15) is 17.2 Å². The molecule has 7 heteroatoms. The Balaban J connectivity index is 1.59. The molecule has 0 bridgehead atoms. The van der Waals surface area contributed by atoms with Gasteiger partial charge in [0.15, 0.2) is 11.7 Å². The molecule has 0 aromatic heterocycles. The number of hydrogen-bond acceptors (Lipinski definition) is 6. The fourth-order valence-corrected chi connectivity index (χ4v) is 5.03. The van der Waals surface area contributed by atoms with E-state index in [2.05, 4.69) is 0 Å². The normalized spacial score (nSPS) is 26.5. The van der Waals surface area contributed by atoms with Gasteiger partial charge in [-0.3, -0.25) is 4.79 Å². The maximum absolute atomic E-state index is 13.2. The predicted molar refractivity (Wildman–Crippen MR) is 106 cm³/mol. The molecule has 2 unspecified atom stereocenters. The van der Waals surface area contributed by atoms with Gasteiger partial charge in [0.2, 0.25) is 5.91 Å². The van der Waals surface area contributed by atoms with Gasteiger partial charge in [0.25, 0.3) is 0 Å². The number of fused-ring (bicyclic) bond motifs is 1. The van der Waals surface area contributed by atoms with Gasteiger partial charge >= 0.3 is 5.97 Å². The molecule has 2 aromatic rings. The average Bonchev–Trinajstić information content (AvgIpc) is 2.77. The highest BCUT2D eigenvalue weighted by Gasteiger charge is 2.57. The first kappa shape index (κ1) is 19.0. The van der Waals surface area contributed by atoms with Crippen molar-refractivity contribution in [2.45, 2.75) is 23.1 Å². The zero-order valence-electron chi connectivity index (χ0n) is 15.5. The molecule has 2 heterocycles. The van der Waals surface area contributed by atoms with E-state index in [1.165, 1.54) is 18.9 Å². The van der Waals surface area contributed by atoms with Crippen molar-refractivity contribution in [3.63, 3.8) is 0 Å². The van der Waals surface area contributed by atoms with Gasteiger partial charge in [-0.2, -0.15) is 0 Å². The quantitative estimate of drug-likeness (QED) is 0.612. The molecule has 0 aliphatic carbocycles. The van der Waals surface area contributed by atoms with Gasteiger partial charge < -0.3 is 20.1 Å². The first-order valence-corrected chi connectivity index (χ1v) is 10.1. The van der Waals surface area contributed by atoms with Gasteiger partial charge in [0, 0.05) is 12.9 Å². The van der Waals surface area contributed by atoms with E-state index in [0.29, 0.717) is 5.75 Å². The van der Waals surface area contributed by atoms with Crippen molar-refractivity contribution in [3.8, 4) is 0 Å². The zero-order chi connectivity index (χ0) is 19.7. The van der Waals surface area contributed by atoms with Crippen molar-refractivity contribution < 1.29 is 19.1 Å². The standard InChI is InChI=1S/C21H22N2O4S/c1-26-21(12-23-18(24)16(22)19(23)28-13-21)20(25)27-17(14-8-4-2-5-9-14)15-10-6-3-7-11-15/h2-11,16-17,19H,12-13,22H2,1H3/t16?,19-,21?/m1/s1. The number of ether oxygens (including phenoxy) is 2. The third-order valence-corrected chi connectivity index (χ3v) is 6.81. The highest BCUT2D eigenvalue weighted by atomic mass is 32.2. The molecule has 0 saturated carbocycles. The number of hydrogen-bond donors (Lipinski definition) is 1. The summed E-state index contributed by atoms with van der Waals surface area (Å²) in [5.74, 6) is -0.248. The van der Waals surface area contributed by atoms with Crippen molar-refractivity contribution >= 4 is 23.6 Å². The molecule has 0 radical (unpaired) electrons. The highest BCUT2D eigenvalue weighted by molar-refractivity contribution is 8.00. The van der Waals surface area contributed by atoms with Crippen LogP contribution in [0.5, 0.6) is 0 Å². The fraction of sp³-hybridized carbons (Fsp3) is 0.333. The number of rotatable bonds is 5. The Hall–Kier alpha value is -2.35. The number of carbonyl (C=O) groups is 2. The topological polar surface area (TPSA) is 81.9 Å². The minimum Gasteiger partial charge on any atom is -0.450 e. The number of esters is 1. The summed E-state index contributed by atoms with van der Waals surface area (Å²) in [5, 5.41) is -0.0948. The lowest BCUT2D eigenvalue weighted by molar-refractivity contribution is -0.178. The van der Waals surface area contributed by atoms with Gasteiger partial charge in [-0.25, -0.2) is 4.79 Å². The highest BCUT2D eigenvalue weighted by Crippen LogP contribution is 2.40. The average molecular weight is 398 g/mol. The lowest BCUT2D eigenvalue weighted by atomic mass is 9.98. The maximum Gasteiger partial charge on any atom is 0.342 e. The van der Waals surface area contributed by atoms with E-state index in [1.54, 1.807) is 4.90 Å². The van der Waals surface area contributed by atoms with E-state index in [9.17, 15) is 9.59 Å². The van der Waals surface area contributed by atoms with Crippen molar-refractivity contribution in [2.24, 2.45) is 5.73 Å². The largest absolute Gasteiger partial charge is 0.450 e. The van der Waals surface area contributed by atoms with Crippen LogP contribution in [0.4, 0.5) is 0 Å². The smallest absolute Gasteiger partial charge is 0.342 e. The first-order chi connectivity index (χ1) is 13.6. The summed E-state index contributed by atoms with van der Waals surface area (Å²) in [4.78, 5) is 26.9. The van der Waals surface area contributed by atoms with E-state index < -0.39 is 23.7 Å². The van der Waals surface area contributed by atoms with E-state index in [-0.39, 0.29) is 17.8 Å². The Bertz CT molecular complexity index is 824. The van der Waals surface area contributed by atoms with Crippen LogP contribution in [0.3, 0.4) is 0 Å². The molecule has 2 aliphatic rings. The molecule has 6 nitrogen and oxygen atoms in total. The molecule has 2 fully saturated rings. The summed E-state index contributed by atoms with van der Waals surface area (Å²) in [7, 11) is 1.48. The molecule has 0 spiro atoms. The van der Waals surface area contributed by atoms with Crippen molar-refractivity contribution in [1.29, 1.82) is 0 Å². The monoisotopic (exact) mass is 398 g/mol. The number of nitrogens with zero attached hydrogens (tertiary/aromatic N) is 1. The molecule has 1 amide bonds. The Morgan fingerprint density at radius 1 is 1.14 bits per heavy atom. The molecular weight excluding hydrogens is 376 g/mol. The van der Waals surface area contributed by atoms with Gasteiger partial charge in [-0.05, 0) is 11.1 Å². The molecule has 3 atom stereocenters. The molecule has 146 valence electrons. The van der Waals surface area contributed by atoms with Crippen LogP contribution < -0.4 is 5.73 Å². The van der Waals surface area contributed by atoms with Crippen molar-refractivity contribution in [3.05, 3.63) is 71.8 Å². The second-order valence-electron chi connectivity index (χ2n) is 7.00. The van der Waals surface area contributed by atoms with Crippen molar-refractivity contribution in [2.75, 3.05) is 19.4 Å². The predicted octanol–water partition coefficient (Wildman–Crippen LogP) is 1.95. The maximum atomic E-state index is 13.2. The van der Waals surface area contributed by atoms with Gasteiger partial charge in [-0.1, -0.05) is 60.7 Å². The molecule has 2 saturated heterocycles. The number of benzene rings is 2. The molecule has 2 N–H and O–H groups in total. The molecule has 4 rings (SSSR count). The second-order valence-corrected chi connectivity index (χ2v) is 8.10. The number of amides is 1. The van der Waals surface area contributed by atoms with Crippen molar-refractivity contribution in [1.82, 2.24) is 4.90 Å². The molecule has 2 aromatic carbocycles. The van der Waals surface area contributed by atoms with Crippen LogP contribution in [0.25, 0.3) is 0 Å². The summed E-state index contributed by atoms with van der Waals surface area (Å²) in [6, 6.07) is 18.7. The SMILES string of the molecule is COC1(C(=O)OC(c2ccccc2)c2ccccc2)CS[C@@H]2C(N)C(=O)N2C1. The zero-order valence-corrected chi connectivity index (χ0v) is 16.3. The summed E-state index contributed by atoms with van der Waals surface area (Å²) in [5.41, 5.74) is 6.38. The van der Waals surface area contributed by atoms with E-state index in [1.807, 2.05) is 60.7 Å². The van der Waals surface area contributed by atoms with E-state index >= 15 is 0 Å². The minimum atomic E-state index is -1.21. The third kappa shape index (κ3) is 3.19. The molecular formula is C21H22N2O4S. The van der Waals surface area contributed by atoms with E-state index in [0.717, 1.165) is 11.1 Å². The Morgan fingerprint density at radius 3 is 2.25 bits per heavy atom. The Morgan fingerprint density at radius 2 is 1.71 bits per heavy atom. The second kappa shape index (κ2) is 7.58. The van der Waals surface area contributed by atoms with Crippen LogP contribution in [0.15, 0.2) is 60.7 Å². The van der Waals surface area contributed by atoms with Gasteiger partial charge in [0.1, 0.15) is 11.4 Å². The number of nitrogens with two attached hydrogens (primary N) is 1. The van der Waals surface area contributed by atoms with Crippen LogP contribution in [-0.4, -0.2) is 53.2 Å². The Kier molecular flexibility index (Phi) is 5.14. The summed E-state index contributed by atoms with van der Waals surface area (Å²) in [6.07, 6.45) is -0.556. The van der Waals surface area contributed by atoms with Gasteiger partial charge in [-0.15, -0.1) is 11.8 Å². The minimum absolute atomic E-state index is 0.0948.